The molecule has 0 aliphatic rings. The number of Topliss-reactive ketones (excluding diaryl/α,β-unsaturated/α-hetero) is 1. The Hall–Kier alpha value is -2.71. The molecule has 0 fully saturated rings. The van der Waals surface area contributed by atoms with Gasteiger partial charge in [-0.2, -0.15) is 0 Å². The molecule has 2 nitrogen and oxygen atoms in total. The summed E-state index contributed by atoms with van der Waals surface area (Å²) in [6.45, 7) is 4.27. The molecule has 1 atom stereocenters. The van der Waals surface area contributed by atoms with E-state index in [1.807, 2.05) is 42.5 Å². The zero-order valence-electron chi connectivity index (χ0n) is 17.9. The quantitative estimate of drug-likeness (QED) is 0.515. The summed E-state index contributed by atoms with van der Waals surface area (Å²) in [7, 11) is 4.16. The number of benzene rings is 3. The standard InChI is InChI=1S/C27H31NO/c1-21-12-11-13-23(18-21)19-26(29)27(20-22(2)28(3)4,24-14-7-5-8-15-24)25-16-9-6-10-17-25/h5-18,22H,19-20H2,1-4H3/t22-/m0/s1. The minimum Gasteiger partial charge on any atom is -0.307 e. The van der Waals surface area contributed by atoms with Gasteiger partial charge >= 0.3 is 0 Å². The highest BCUT2D eigenvalue weighted by Crippen LogP contribution is 2.39. The van der Waals surface area contributed by atoms with E-state index in [0.29, 0.717) is 6.42 Å². The van der Waals surface area contributed by atoms with E-state index in [1.165, 1.54) is 5.56 Å². The second-order valence-electron chi connectivity index (χ2n) is 8.24. The zero-order chi connectivity index (χ0) is 20.9. The molecule has 0 aliphatic heterocycles. The minimum absolute atomic E-state index is 0.245. The monoisotopic (exact) mass is 385 g/mol. The summed E-state index contributed by atoms with van der Waals surface area (Å²) >= 11 is 0. The molecule has 0 saturated heterocycles. The van der Waals surface area contributed by atoms with Gasteiger partial charge in [-0.25, -0.2) is 0 Å². The maximum atomic E-state index is 14.1. The summed E-state index contributed by atoms with van der Waals surface area (Å²) in [5.74, 6) is 0.245. The lowest BCUT2D eigenvalue weighted by Gasteiger charge is -2.38. The van der Waals surface area contributed by atoms with E-state index in [4.69, 9.17) is 0 Å². The maximum Gasteiger partial charge on any atom is 0.152 e. The number of nitrogens with zero attached hydrogens (tertiary/aromatic N) is 1. The zero-order valence-corrected chi connectivity index (χ0v) is 17.9. The van der Waals surface area contributed by atoms with E-state index < -0.39 is 5.41 Å². The van der Waals surface area contributed by atoms with Gasteiger partial charge in [-0.05, 0) is 51.1 Å². The molecule has 3 aromatic carbocycles. The van der Waals surface area contributed by atoms with Crippen molar-refractivity contribution in [3.8, 4) is 0 Å². The lowest BCUT2D eigenvalue weighted by molar-refractivity contribution is -0.123. The Morgan fingerprint density at radius 1 is 0.862 bits per heavy atom. The van der Waals surface area contributed by atoms with Crippen LogP contribution in [0.1, 0.15) is 35.6 Å². The summed E-state index contributed by atoms with van der Waals surface area (Å²) in [6, 6.07) is 29.1. The molecule has 150 valence electrons. The van der Waals surface area contributed by atoms with Gasteiger partial charge in [0.25, 0.3) is 0 Å². The van der Waals surface area contributed by atoms with Crippen LogP contribution >= 0.6 is 0 Å². The van der Waals surface area contributed by atoms with Crippen molar-refractivity contribution in [1.82, 2.24) is 4.90 Å². The van der Waals surface area contributed by atoms with Gasteiger partial charge in [0.2, 0.25) is 0 Å². The van der Waals surface area contributed by atoms with Crippen molar-refractivity contribution in [3.63, 3.8) is 0 Å². The molecule has 3 rings (SSSR count). The first kappa shape index (κ1) is 21.0. The minimum atomic E-state index is -0.685. The fraction of sp³-hybridized carbons (Fsp3) is 0.296. The summed E-state index contributed by atoms with van der Waals surface area (Å²) in [5, 5.41) is 0. The van der Waals surface area contributed by atoms with Crippen molar-refractivity contribution in [2.75, 3.05) is 14.1 Å². The fourth-order valence-corrected chi connectivity index (χ4v) is 4.07. The lowest BCUT2D eigenvalue weighted by Crippen LogP contribution is -2.44. The highest BCUT2D eigenvalue weighted by atomic mass is 16.1. The Bertz CT molecular complexity index is 892. The van der Waals surface area contributed by atoms with Crippen molar-refractivity contribution in [1.29, 1.82) is 0 Å². The number of ketones is 1. The van der Waals surface area contributed by atoms with Crippen LogP contribution in [0.3, 0.4) is 0 Å². The third kappa shape index (κ3) is 4.65. The first-order valence-corrected chi connectivity index (χ1v) is 10.3. The summed E-state index contributed by atoms with van der Waals surface area (Å²) in [6.07, 6.45) is 1.16. The number of carbonyl (C=O) groups is 1. The number of hydrogen-bond donors (Lipinski definition) is 0. The van der Waals surface area contributed by atoms with E-state index >= 15 is 0 Å². The summed E-state index contributed by atoms with van der Waals surface area (Å²) in [5.41, 5.74) is 3.71. The van der Waals surface area contributed by atoms with Gasteiger partial charge in [0.05, 0.1) is 5.41 Å². The van der Waals surface area contributed by atoms with Gasteiger partial charge in [-0.3, -0.25) is 4.79 Å². The molecule has 0 aromatic heterocycles. The van der Waals surface area contributed by atoms with E-state index in [0.717, 1.165) is 23.1 Å². The highest BCUT2D eigenvalue weighted by molar-refractivity contribution is 5.95. The van der Waals surface area contributed by atoms with Crippen LogP contribution in [0.25, 0.3) is 0 Å². The summed E-state index contributed by atoms with van der Waals surface area (Å²) in [4.78, 5) is 16.3. The van der Waals surface area contributed by atoms with Crippen LogP contribution in [0.15, 0.2) is 84.9 Å². The van der Waals surface area contributed by atoms with Crippen LogP contribution in [-0.2, 0) is 16.6 Å². The molecule has 3 aromatic rings. The maximum absolute atomic E-state index is 14.1. The molecule has 0 unspecified atom stereocenters. The molecule has 0 heterocycles. The Balaban J connectivity index is 2.16. The molecule has 0 N–H and O–H groups in total. The predicted molar refractivity (Wildman–Crippen MR) is 121 cm³/mol. The average molecular weight is 386 g/mol. The van der Waals surface area contributed by atoms with Crippen LogP contribution < -0.4 is 0 Å². The average Bonchev–Trinajstić information content (AvgIpc) is 2.73. The molecular formula is C27H31NO. The fourth-order valence-electron chi connectivity index (χ4n) is 4.07. The topological polar surface area (TPSA) is 20.3 Å². The van der Waals surface area contributed by atoms with E-state index in [1.54, 1.807) is 0 Å². The molecule has 0 spiro atoms. The molecule has 0 bridgehead atoms. The Morgan fingerprint density at radius 3 is 1.90 bits per heavy atom. The largest absolute Gasteiger partial charge is 0.307 e. The molecule has 0 aliphatic carbocycles. The van der Waals surface area contributed by atoms with Crippen LogP contribution in [0.5, 0.6) is 0 Å². The first-order valence-electron chi connectivity index (χ1n) is 10.3. The summed E-state index contributed by atoms with van der Waals surface area (Å²) < 4.78 is 0. The first-order chi connectivity index (χ1) is 13.9. The van der Waals surface area contributed by atoms with Gasteiger partial charge in [-0.1, -0.05) is 90.5 Å². The van der Waals surface area contributed by atoms with Gasteiger partial charge in [0, 0.05) is 12.5 Å². The van der Waals surface area contributed by atoms with Gasteiger partial charge in [0.1, 0.15) is 0 Å². The van der Waals surface area contributed by atoms with Crippen LogP contribution in [0.2, 0.25) is 0 Å². The molecular weight excluding hydrogens is 354 g/mol. The van der Waals surface area contributed by atoms with E-state index in [2.05, 4.69) is 75.3 Å². The Labute approximate surface area is 175 Å². The molecule has 2 heteroatoms. The Kier molecular flexibility index (Phi) is 6.66. The van der Waals surface area contributed by atoms with Crippen molar-refractivity contribution in [2.24, 2.45) is 0 Å². The van der Waals surface area contributed by atoms with Crippen molar-refractivity contribution >= 4 is 5.78 Å². The SMILES string of the molecule is Cc1cccc(CC(=O)C(C[C@H](C)N(C)C)(c2ccccc2)c2ccccc2)c1. The van der Waals surface area contributed by atoms with Gasteiger partial charge < -0.3 is 4.90 Å². The van der Waals surface area contributed by atoms with Crippen LogP contribution in [-0.4, -0.2) is 30.8 Å². The molecule has 29 heavy (non-hydrogen) atoms. The third-order valence-corrected chi connectivity index (χ3v) is 5.94. The smallest absolute Gasteiger partial charge is 0.152 e. The number of hydrogen-bond acceptors (Lipinski definition) is 2. The van der Waals surface area contributed by atoms with Crippen molar-refractivity contribution in [2.45, 2.75) is 38.1 Å². The molecule has 0 radical (unpaired) electrons. The van der Waals surface area contributed by atoms with Crippen LogP contribution in [0.4, 0.5) is 0 Å². The predicted octanol–water partition coefficient (Wildman–Crippen LogP) is 5.43. The highest BCUT2D eigenvalue weighted by Gasteiger charge is 2.42. The third-order valence-electron chi connectivity index (χ3n) is 5.94. The van der Waals surface area contributed by atoms with Gasteiger partial charge in [-0.15, -0.1) is 0 Å². The van der Waals surface area contributed by atoms with E-state index in [9.17, 15) is 4.79 Å². The molecule has 0 saturated carbocycles. The van der Waals surface area contributed by atoms with Crippen molar-refractivity contribution in [3.05, 3.63) is 107 Å². The second-order valence-corrected chi connectivity index (χ2v) is 8.24. The van der Waals surface area contributed by atoms with Gasteiger partial charge in [0.15, 0.2) is 5.78 Å². The molecule has 0 amide bonds. The number of carbonyl (C=O) groups excluding carboxylic acids is 1. The second kappa shape index (κ2) is 9.19. The lowest BCUT2D eigenvalue weighted by atomic mass is 9.66. The number of aryl methyl sites for hydroxylation is 1. The number of rotatable bonds is 8. The van der Waals surface area contributed by atoms with Crippen molar-refractivity contribution < 1.29 is 4.79 Å². The Morgan fingerprint density at radius 2 is 1.41 bits per heavy atom. The van der Waals surface area contributed by atoms with Crippen LogP contribution in [0, 0.1) is 6.92 Å². The van der Waals surface area contributed by atoms with E-state index in [-0.39, 0.29) is 11.8 Å². The normalized spacial score (nSPS) is 12.7.